The van der Waals surface area contributed by atoms with E-state index in [9.17, 15) is 10.1 Å². The number of hydrogen-bond donors (Lipinski definition) is 1. The van der Waals surface area contributed by atoms with Crippen molar-refractivity contribution in [3.63, 3.8) is 0 Å². The molecule has 0 fully saturated rings. The van der Waals surface area contributed by atoms with Gasteiger partial charge in [0.05, 0.1) is 11.0 Å². The van der Waals surface area contributed by atoms with Crippen molar-refractivity contribution in [3.8, 4) is 5.75 Å². The molecule has 0 saturated carbocycles. The Labute approximate surface area is 125 Å². The predicted molar refractivity (Wildman–Crippen MR) is 81.7 cm³/mol. The van der Waals surface area contributed by atoms with E-state index in [0.29, 0.717) is 6.54 Å². The van der Waals surface area contributed by atoms with E-state index < -0.39 is 4.92 Å². The maximum atomic E-state index is 11.2. The largest absolute Gasteiger partial charge is 0.484 e. The van der Waals surface area contributed by atoms with Gasteiger partial charge < -0.3 is 14.8 Å². The van der Waals surface area contributed by atoms with E-state index in [1.165, 1.54) is 0 Å². The average Bonchev–Trinajstić information content (AvgIpc) is 2.41. The number of nitro benzene ring substituents is 1. The molecule has 0 radical (unpaired) electrons. The first-order valence-electron chi connectivity index (χ1n) is 6.91. The summed E-state index contributed by atoms with van der Waals surface area (Å²) >= 11 is 0. The Hall–Kier alpha value is -1.66. The van der Waals surface area contributed by atoms with Gasteiger partial charge in [-0.2, -0.15) is 0 Å². The van der Waals surface area contributed by atoms with E-state index in [1.807, 2.05) is 33.8 Å². The van der Waals surface area contributed by atoms with Crippen molar-refractivity contribution >= 4 is 5.69 Å². The lowest BCUT2D eigenvalue weighted by molar-refractivity contribution is -0.386. The molecule has 1 aromatic carbocycles. The molecule has 0 spiro atoms. The topological polar surface area (TPSA) is 73.6 Å². The number of methoxy groups -OCH3 is 1. The number of nitro groups is 1. The minimum absolute atomic E-state index is 0.0217. The Bertz CT molecular complexity index is 483. The molecular formula is C15H24N2O4. The zero-order valence-electron chi connectivity index (χ0n) is 13.3. The summed E-state index contributed by atoms with van der Waals surface area (Å²) in [4.78, 5) is 10.7. The van der Waals surface area contributed by atoms with Crippen LogP contribution in [0.2, 0.25) is 0 Å². The number of benzene rings is 1. The fourth-order valence-corrected chi connectivity index (χ4v) is 1.58. The normalized spacial score (nSPS) is 13.0. The maximum absolute atomic E-state index is 11.2. The van der Waals surface area contributed by atoms with Gasteiger partial charge in [-0.3, -0.25) is 10.1 Å². The molecule has 1 atom stereocenters. The minimum atomic E-state index is -0.423. The molecule has 1 N–H and O–H groups in total. The van der Waals surface area contributed by atoms with Crippen LogP contribution in [-0.2, 0) is 11.3 Å². The molecular weight excluding hydrogens is 272 g/mol. The summed E-state index contributed by atoms with van der Waals surface area (Å²) in [7, 11) is 1.57. The highest BCUT2D eigenvalue weighted by molar-refractivity contribution is 5.48. The summed E-state index contributed by atoms with van der Waals surface area (Å²) in [6, 6.07) is 5.02. The van der Waals surface area contributed by atoms with Gasteiger partial charge in [-0.25, -0.2) is 0 Å². The predicted octanol–water partition coefficient (Wildman–Crippen LogP) is 2.90. The van der Waals surface area contributed by atoms with Gasteiger partial charge in [-0.05, 0) is 39.3 Å². The maximum Gasteiger partial charge on any atom is 0.311 e. The van der Waals surface area contributed by atoms with Crippen molar-refractivity contribution in [2.45, 2.75) is 45.9 Å². The van der Waals surface area contributed by atoms with E-state index in [-0.39, 0.29) is 29.7 Å². The number of hydrogen-bond acceptors (Lipinski definition) is 5. The number of rotatable bonds is 7. The molecule has 118 valence electrons. The van der Waals surface area contributed by atoms with Gasteiger partial charge in [-0.1, -0.05) is 6.07 Å². The first-order chi connectivity index (χ1) is 9.73. The van der Waals surface area contributed by atoms with Crippen LogP contribution in [0, 0.1) is 10.1 Å². The van der Waals surface area contributed by atoms with Gasteiger partial charge in [0, 0.05) is 25.3 Å². The Morgan fingerprint density at radius 2 is 2.05 bits per heavy atom. The highest BCUT2D eigenvalue weighted by atomic mass is 16.6. The molecule has 0 aliphatic rings. The van der Waals surface area contributed by atoms with Crippen molar-refractivity contribution in [1.82, 2.24) is 5.32 Å². The Morgan fingerprint density at radius 3 is 2.57 bits per heavy atom. The average molecular weight is 296 g/mol. The van der Waals surface area contributed by atoms with Crippen molar-refractivity contribution < 1.29 is 14.4 Å². The van der Waals surface area contributed by atoms with Crippen LogP contribution in [0.4, 0.5) is 5.69 Å². The van der Waals surface area contributed by atoms with Crippen LogP contribution in [0.1, 0.15) is 33.3 Å². The highest BCUT2D eigenvalue weighted by Gasteiger charge is 2.17. The fourth-order valence-electron chi connectivity index (χ4n) is 1.58. The molecule has 6 heteroatoms. The van der Waals surface area contributed by atoms with Gasteiger partial charge >= 0.3 is 5.69 Å². The second-order valence-electron chi connectivity index (χ2n) is 6.02. The molecule has 6 nitrogen and oxygen atoms in total. The highest BCUT2D eigenvalue weighted by Crippen LogP contribution is 2.28. The molecule has 0 saturated heterocycles. The first kappa shape index (κ1) is 17.4. The molecule has 0 aliphatic heterocycles. The van der Waals surface area contributed by atoms with Crippen LogP contribution in [0.5, 0.6) is 5.75 Å². The third-order valence-electron chi connectivity index (χ3n) is 2.92. The molecule has 1 aromatic rings. The van der Waals surface area contributed by atoms with Crippen molar-refractivity contribution in [2.75, 3.05) is 13.7 Å². The zero-order valence-corrected chi connectivity index (χ0v) is 13.3. The molecule has 0 bridgehead atoms. The lowest BCUT2D eigenvalue weighted by Gasteiger charge is -2.20. The van der Waals surface area contributed by atoms with Crippen LogP contribution in [0.15, 0.2) is 18.2 Å². The van der Waals surface area contributed by atoms with E-state index in [2.05, 4.69) is 5.32 Å². The first-order valence-corrected chi connectivity index (χ1v) is 6.91. The summed E-state index contributed by atoms with van der Waals surface area (Å²) < 4.78 is 10.5. The van der Waals surface area contributed by atoms with E-state index in [0.717, 1.165) is 5.56 Å². The molecule has 0 heterocycles. The number of nitrogens with one attached hydrogen (secondary N) is 1. The van der Waals surface area contributed by atoms with Crippen molar-refractivity contribution in [1.29, 1.82) is 0 Å². The standard InChI is InChI=1S/C15H24N2O4/c1-11(20-5)10-21-14-7-6-12(8-13(14)17(18)19)9-16-15(2,3)4/h6-8,11,16H,9-10H2,1-5H3. The smallest absolute Gasteiger partial charge is 0.311 e. The summed E-state index contributed by atoms with van der Waals surface area (Å²) in [5, 5.41) is 14.5. The fraction of sp³-hybridized carbons (Fsp3) is 0.600. The summed E-state index contributed by atoms with van der Waals surface area (Å²) in [5.41, 5.74) is 0.785. The molecule has 0 aromatic heterocycles. The molecule has 1 rings (SSSR count). The molecule has 1 unspecified atom stereocenters. The second-order valence-corrected chi connectivity index (χ2v) is 6.02. The van der Waals surface area contributed by atoms with Crippen LogP contribution in [0.3, 0.4) is 0 Å². The molecule has 21 heavy (non-hydrogen) atoms. The molecule has 0 amide bonds. The van der Waals surface area contributed by atoms with Gasteiger partial charge in [0.25, 0.3) is 0 Å². The summed E-state index contributed by atoms with van der Waals surface area (Å²) in [6.45, 7) is 8.82. The van der Waals surface area contributed by atoms with Gasteiger partial charge in [0.15, 0.2) is 5.75 Å². The Kier molecular flexibility index (Phi) is 6.11. The van der Waals surface area contributed by atoms with Crippen LogP contribution >= 0.6 is 0 Å². The third-order valence-corrected chi connectivity index (χ3v) is 2.92. The number of nitrogens with zero attached hydrogens (tertiary/aromatic N) is 1. The molecule has 0 aliphatic carbocycles. The van der Waals surface area contributed by atoms with E-state index in [1.54, 1.807) is 19.2 Å². The van der Waals surface area contributed by atoms with Crippen LogP contribution in [-0.4, -0.2) is 30.3 Å². The second kappa shape index (κ2) is 7.38. The van der Waals surface area contributed by atoms with E-state index in [4.69, 9.17) is 9.47 Å². The minimum Gasteiger partial charge on any atom is -0.484 e. The SMILES string of the molecule is COC(C)COc1ccc(CNC(C)(C)C)cc1[N+](=O)[O-]. The Morgan fingerprint density at radius 1 is 1.38 bits per heavy atom. The number of ether oxygens (including phenoxy) is 2. The van der Waals surface area contributed by atoms with Crippen molar-refractivity contribution in [3.05, 3.63) is 33.9 Å². The van der Waals surface area contributed by atoms with Crippen LogP contribution in [0.25, 0.3) is 0 Å². The van der Waals surface area contributed by atoms with Crippen molar-refractivity contribution in [2.24, 2.45) is 0 Å². The van der Waals surface area contributed by atoms with Gasteiger partial charge in [-0.15, -0.1) is 0 Å². The third kappa shape index (κ3) is 6.10. The van der Waals surface area contributed by atoms with E-state index >= 15 is 0 Å². The summed E-state index contributed by atoms with van der Waals surface area (Å²) in [6.07, 6.45) is -0.119. The zero-order chi connectivity index (χ0) is 16.0. The lowest BCUT2D eigenvalue weighted by atomic mass is 10.1. The van der Waals surface area contributed by atoms with Crippen LogP contribution < -0.4 is 10.1 Å². The lowest BCUT2D eigenvalue weighted by Crippen LogP contribution is -2.35. The monoisotopic (exact) mass is 296 g/mol. The summed E-state index contributed by atoms with van der Waals surface area (Å²) in [5.74, 6) is 0.267. The van der Waals surface area contributed by atoms with Gasteiger partial charge in [0.1, 0.15) is 6.61 Å². The Balaban J connectivity index is 2.84. The van der Waals surface area contributed by atoms with Gasteiger partial charge in [0.2, 0.25) is 0 Å². The quantitative estimate of drug-likeness (QED) is 0.618.